The predicted molar refractivity (Wildman–Crippen MR) is 527 cm³/mol. The van der Waals surface area contributed by atoms with E-state index < -0.39 is 0 Å². The van der Waals surface area contributed by atoms with Crippen LogP contribution in [0.2, 0.25) is 15.1 Å². The van der Waals surface area contributed by atoms with E-state index >= 15 is 0 Å². The average Bonchev–Trinajstić information content (AvgIpc) is 0.853. The molecule has 0 radical (unpaired) electrons. The molecule has 10 rings (SSSR count). The van der Waals surface area contributed by atoms with Crippen LogP contribution in [0.25, 0.3) is 0 Å². The maximum Gasteiger partial charge on any atom is 0.126 e. The first kappa shape index (κ1) is 112. The molecule has 2 N–H and O–H groups in total. The van der Waals surface area contributed by atoms with Crippen LogP contribution in [-0.4, -0.2) is 10.2 Å². The molecule has 10 aromatic carbocycles. The molecule has 0 bridgehead atoms. The number of hydrogen-bond acceptors (Lipinski definition) is 2. The third-order valence-electron chi connectivity index (χ3n) is 20.8. The second-order valence-corrected chi connectivity index (χ2v) is 36.2. The summed E-state index contributed by atoms with van der Waals surface area (Å²) in [4.78, 5) is 0. The van der Waals surface area contributed by atoms with Crippen molar-refractivity contribution in [1.82, 2.24) is 0 Å². The van der Waals surface area contributed by atoms with Gasteiger partial charge in [-0.3, -0.25) is 0 Å². The smallest absolute Gasteiger partial charge is 0.126 e. The van der Waals surface area contributed by atoms with Crippen LogP contribution in [0.4, 0.5) is 4.39 Å². The first-order valence-electron chi connectivity index (χ1n) is 42.2. The Bertz CT molecular complexity index is 3830. The number of phenolic OH excluding ortho intramolecular Hbond substituents is 1. The molecule has 0 spiro atoms. The van der Waals surface area contributed by atoms with Crippen LogP contribution >= 0.6 is 34.8 Å². The van der Waals surface area contributed by atoms with E-state index in [4.69, 9.17) is 39.9 Å². The molecule has 0 heterocycles. The Balaban J connectivity index is 0. The largest absolute Gasteiger partial charge is 0.508 e. The van der Waals surface area contributed by atoms with Crippen molar-refractivity contribution in [1.29, 1.82) is 0 Å². The molecule has 0 aromatic heterocycles. The van der Waals surface area contributed by atoms with Crippen LogP contribution < -0.4 is 0 Å². The number of halogens is 4. The number of aryl methyl sites for hydroxylation is 18. The Hall–Kier alpha value is -7.24. The molecule has 2 nitrogen and oxygen atoms in total. The zero-order valence-corrected chi connectivity index (χ0v) is 81.2. The van der Waals surface area contributed by atoms with Crippen molar-refractivity contribution >= 4 is 34.8 Å². The Morgan fingerprint density at radius 3 is 0.658 bits per heavy atom. The van der Waals surface area contributed by atoms with Gasteiger partial charge in [-0.05, 0) is 364 Å². The number of hydrogen-bond donors (Lipinski definition) is 2. The molecular formula is C111H162Cl3FO2. The van der Waals surface area contributed by atoms with E-state index in [9.17, 15) is 9.50 Å². The fourth-order valence-corrected chi connectivity index (χ4v) is 18.4. The van der Waals surface area contributed by atoms with Crippen LogP contribution in [-0.2, 0) is 6.61 Å². The SMILES string of the molecule is C.C.Cc1cc(C)c(C(C)C)c(C)c1.Cc1cc(C)c(C(C)C)c(C)c1.Cc1cc(C)c(C(C)C)c(Cl)c1.Cc1cc(Cl)cc(Cl)c1C(C)C.Cc1cccc(C)c1C(C)C.Cc1cccc(C)c1C(C)C.Cc1cccc(C)c1C(C)C.Cc1cccc(CO)c1C(C)C.Cc1cccc(F)c1C(C)C.Cc1cccc(O)c1C(C)C. The van der Waals surface area contributed by atoms with Gasteiger partial charge in [0.25, 0.3) is 0 Å². The summed E-state index contributed by atoms with van der Waals surface area (Å²) in [6.45, 7) is 82.2. The molecule has 0 aliphatic rings. The Morgan fingerprint density at radius 2 is 0.444 bits per heavy atom. The van der Waals surface area contributed by atoms with Crippen molar-refractivity contribution in [3.8, 4) is 5.75 Å². The van der Waals surface area contributed by atoms with E-state index in [-0.39, 0.29) is 33.2 Å². The molecule has 10 aromatic rings. The van der Waals surface area contributed by atoms with E-state index in [0.717, 1.165) is 32.3 Å². The Labute approximate surface area is 733 Å². The summed E-state index contributed by atoms with van der Waals surface area (Å²) in [5.41, 5.74) is 38.4. The minimum Gasteiger partial charge on any atom is -0.508 e. The van der Waals surface area contributed by atoms with Gasteiger partial charge in [0.15, 0.2) is 0 Å². The molecule has 646 valence electrons. The van der Waals surface area contributed by atoms with Gasteiger partial charge in [0.1, 0.15) is 11.6 Å². The summed E-state index contributed by atoms with van der Waals surface area (Å²) >= 11 is 18.0. The first-order chi connectivity index (χ1) is 53.4. The standard InChI is InChI=1S/2C12H18.C11H15Cl.C11H16O.3C11H16.C10H12Cl2.C10H13F.C10H14O.2CH4/c2*1-8(2)12-10(4)6-9(3)7-11(12)5;1-7(2)11-9(4)5-8(3)6-10(11)12;1-8(2)11-9(3)5-4-6-10(11)7-12;3*1-8(2)11-9(3)6-5-7-10(11)4;1-6(2)10-7(3)4-8(11)5-9(10)12;2*1-7(2)10-8(3)5-4-6-9(10)11;;/h2*6-8H,1-5H3;5-7H,1-4H3;4-6,8,12H,7H2,1-3H3;3*5-8H,1-4H3;4-6H,1-3H3;4-7H,1-3H3;4-7,11H,1-3H3;2*1H4. The first-order valence-corrected chi connectivity index (χ1v) is 43.3. The molecule has 117 heavy (non-hydrogen) atoms. The summed E-state index contributed by atoms with van der Waals surface area (Å²) in [5, 5.41) is 20.9. The second kappa shape index (κ2) is 54.8. The summed E-state index contributed by atoms with van der Waals surface area (Å²) in [6.07, 6.45) is 0. The van der Waals surface area contributed by atoms with Crippen LogP contribution in [0.1, 0.15) is 374 Å². The van der Waals surface area contributed by atoms with Crippen molar-refractivity contribution in [2.75, 3.05) is 0 Å². The van der Waals surface area contributed by atoms with Gasteiger partial charge in [0, 0.05) is 15.1 Å². The zero-order valence-electron chi connectivity index (χ0n) is 78.9. The van der Waals surface area contributed by atoms with E-state index in [0.29, 0.717) is 64.0 Å². The third-order valence-corrected chi connectivity index (χ3v) is 21.7. The van der Waals surface area contributed by atoms with Gasteiger partial charge < -0.3 is 10.2 Å². The molecule has 0 saturated heterocycles. The molecular weight excluding hydrogens is 1490 g/mol. The minimum absolute atomic E-state index is 0. The third kappa shape index (κ3) is 37.1. The Kier molecular flexibility index (Phi) is 52.4. The quantitative estimate of drug-likeness (QED) is 0.135. The summed E-state index contributed by atoms with van der Waals surface area (Å²) < 4.78 is 13.1. The van der Waals surface area contributed by atoms with Crippen LogP contribution in [0.3, 0.4) is 0 Å². The van der Waals surface area contributed by atoms with Crippen molar-refractivity contribution in [3.63, 3.8) is 0 Å². The molecule has 0 aliphatic carbocycles. The normalized spacial score (nSPS) is 10.5. The number of benzene rings is 10. The molecule has 0 aliphatic heterocycles. The number of phenols is 1. The molecule has 0 amide bonds. The summed E-state index contributed by atoms with van der Waals surface area (Å²) in [7, 11) is 0. The fourth-order valence-electron chi connectivity index (χ4n) is 17.0. The highest BCUT2D eigenvalue weighted by molar-refractivity contribution is 6.35. The van der Waals surface area contributed by atoms with Crippen LogP contribution in [0.15, 0.2) is 158 Å². The lowest BCUT2D eigenvalue weighted by Crippen LogP contribution is -1.98. The van der Waals surface area contributed by atoms with Crippen molar-refractivity contribution in [3.05, 3.63) is 340 Å². The molecule has 0 atom stereocenters. The lowest BCUT2D eigenvalue weighted by atomic mass is 9.92. The summed E-state index contributed by atoms with van der Waals surface area (Å²) in [6, 6.07) is 53.4. The predicted octanol–water partition coefficient (Wildman–Crippen LogP) is 36.2. The maximum absolute atomic E-state index is 13.1. The van der Waals surface area contributed by atoms with Crippen LogP contribution in [0, 0.1) is 130 Å². The van der Waals surface area contributed by atoms with E-state index in [2.05, 4.69) is 319 Å². The van der Waals surface area contributed by atoms with Gasteiger partial charge in [0.2, 0.25) is 0 Å². The number of aromatic hydroxyl groups is 1. The molecule has 0 saturated carbocycles. The van der Waals surface area contributed by atoms with E-state index in [1.54, 1.807) is 18.2 Å². The van der Waals surface area contributed by atoms with Crippen LogP contribution in [0.5, 0.6) is 5.75 Å². The van der Waals surface area contributed by atoms with E-state index in [1.807, 2.05) is 77.1 Å². The molecule has 6 heteroatoms. The number of aliphatic hydroxyl groups is 1. The molecule has 0 fully saturated rings. The number of aliphatic hydroxyl groups excluding tert-OH is 1. The van der Waals surface area contributed by atoms with Crippen molar-refractivity contribution < 1.29 is 14.6 Å². The maximum atomic E-state index is 13.1. The van der Waals surface area contributed by atoms with Crippen molar-refractivity contribution in [2.45, 2.75) is 344 Å². The average molecular weight is 1650 g/mol. The number of rotatable bonds is 11. The van der Waals surface area contributed by atoms with Gasteiger partial charge in [-0.15, -0.1) is 0 Å². The van der Waals surface area contributed by atoms with Crippen molar-refractivity contribution in [2.24, 2.45) is 0 Å². The molecule has 0 unspecified atom stereocenters. The van der Waals surface area contributed by atoms with Gasteiger partial charge in [-0.25, -0.2) is 4.39 Å². The highest BCUT2D eigenvalue weighted by Gasteiger charge is 2.15. The lowest BCUT2D eigenvalue weighted by molar-refractivity contribution is 0.280. The second-order valence-electron chi connectivity index (χ2n) is 35.0. The lowest BCUT2D eigenvalue weighted by Gasteiger charge is -2.14. The highest BCUT2D eigenvalue weighted by atomic mass is 35.5. The van der Waals surface area contributed by atoms with E-state index in [1.165, 1.54) is 145 Å². The fraction of sp³-hybridized carbons (Fsp3) is 0.459. The van der Waals surface area contributed by atoms with Gasteiger partial charge >= 0.3 is 0 Å². The topological polar surface area (TPSA) is 40.5 Å². The summed E-state index contributed by atoms with van der Waals surface area (Å²) in [5.74, 6) is 5.70. The zero-order chi connectivity index (χ0) is 88.5. The van der Waals surface area contributed by atoms with Gasteiger partial charge in [0.05, 0.1) is 6.61 Å². The van der Waals surface area contributed by atoms with Gasteiger partial charge in [-0.1, -0.05) is 327 Å². The highest BCUT2D eigenvalue weighted by Crippen LogP contribution is 2.34. The minimum atomic E-state index is -0.0833. The Morgan fingerprint density at radius 1 is 0.239 bits per heavy atom. The monoisotopic (exact) mass is 1650 g/mol. The van der Waals surface area contributed by atoms with Gasteiger partial charge in [-0.2, -0.15) is 0 Å².